The Labute approximate surface area is 181 Å². The van der Waals surface area contributed by atoms with E-state index in [4.69, 9.17) is 20.4 Å². The first kappa shape index (κ1) is 21.3. The Morgan fingerprint density at radius 2 is 2.06 bits per heavy atom. The van der Waals surface area contributed by atoms with E-state index in [0.29, 0.717) is 11.3 Å². The van der Waals surface area contributed by atoms with Crippen LogP contribution in [0.4, 0.5) is 8.78 Å². The van der Waals surface area contributed by atoms with Gasteiger partial charge in [-0.2, -0.15) is 0 Å². The van der Waals surface area contributed by atoms with Crippen molar-refractivity contribution >= 4 is 15.7 Å². The maximum absolute atomic E-state index is 14.3. The van der Waals surface area contributed by atoms with Gasteiger partial charge in [-0.3, -0.25) is 0 Å². The minimum absolute atomic E-state index is 0.0127. The average Bonchev–Trinajstić information content (AvgIpc) is 3.27. The molecule has 6 nitrogen and oxygen atoms in total. The van der Waals surface area contributed by atoms with Crippen LogP contribution in [0.3, 0.4) is 0 Å². The fourth-order valence-electron chi connectivity index (χ4n) is 3.90. The summed E-state index contributed by atoms with van der Waals surface area (Å²) in [7, 11) is 11.5. The summed E-state index contributed by atoms with van der Waals surface area (Å²) in [6, 6.07) is 8.40. The van der Waals surface area contributed by atoms with Crippen molar-refractivity contribution in [3.05, 3.63) is 49.1 Å². The molecule has 156 valence electrons. The summed E-state index contributed by atoms with van der Waals surface area (Å²) in [5, 5.41) is 16.9. The maximum atomic E-state index is 14.3. The molecule has 2 heterocycles. The largest absolute Gasteiger partial charge is 0.507 e. The number of phenolic OH excluding ortho intramolecular Hbond substituents is 1. The van der Waals surface area contributed by atoms with Crippen LogP contribution in [0.15, 0.2) is 49.1 Å². The van der Waals surface area contributed by atoms with Gasteiger partial charge >= 0.3 is 0 Å². The summed E-state index contributed by atoms with van der Waals surface area (Å²) in [5.41, 5.74) is 1.71. The van der Waals surface area contributed by atoms with Crippen molar-refractivity contribution in [1.29, 1.82) is 0 Å². The molecule has 1 aliphatic carbocycles. The molecule has 4 radical (unpaired) electrons. The third-order valence-electron chi connectivity index (χ3n) is 5.68. The minimum Gasteiger partial charge on any atom is -0.507 e. The molecule has 0 bridgehead atoms. The summed E-state index contributed by atoms with van der Waals surface area (Å²) in [4.78, 5) is 3.98. The number of halogens is 2. The van der Waals surface area contributed by atoms with Crippen LogP contribution in [0.25, 0.3) is 16.9 Å². The number of hydrogen-bond donors (Lipinski definition) is 1. The molecule has 0 aliphatic heterocycles. The number of benzene rings is 1. The lowest BCUT2D eigenvalue weighted by Gasteiger charge is -2.44. The van der Waals surface area contributed by atoms with E-state index in [1.165, 1.54) is 0 Å². The molecule has 1 saturated carbocycles. The van der Waals surface area contributed by atoms with Crippen LogP contribution in [0, 0.1) is 0 Å². The van der Waals surface area contributed by atoms with Crippen LogP contribution in [0.1, 0.15) is 25.7 Å². The third kappa shape index (κ3) is 4.29. The molecule has 0 saturated heterocycles. The summed E-state index contributed by atoms with van der Waals surface area (Å²) < 4.78 is 36.1. The zero-order valence-electron chi connectivity index (χ0n) is 16.8. The highest BCUT2D eigenvalue weighted by atomic mass is 19.3. The molecule has 4 rings (SSSR count). The van der Waals surface area contributed by atoms with Crippen molar-refractivity contribution in [3.63, 3.8) is 0 Å². The lowest BCUT2D eigenvalue weighted by molar-refractivity contribution is -0.0991. The Hall–Kier alpha value is -2.90. The van der Waals surface area contributed by atoms with E-state index in [9.17, 15) is 13.9 Å². The Morgan fingerprint density at radius 3 is 2.71 bits per heavy atom. The van der Waals surface area contributed by atoms with Crippen LogP contribution >= 0.6 is 0 Å². The fraction of sp³-hybridized carbons (Fsp3) is 0.381. The van der Waals surface area contributed by atoms with E-state index in [1.54, 1.807) is 47.6 Å². The molecule has 1 N–H and O–H groups in total. The normalized spacial score (nSPS) is 22.8. The van der Waals surface area contributed by atoms with E-state index in [-0.39, 0.29) is 43.6 Å². The average molecular weight is 420 g/mol. The predicted molar refractivity (Wildman–Crippen MR) is 113 cm³/mol. The zero-order chi connectivity index (χ0) is 22.1. The Balaban J connectivity index is 1.47. The van der Waals surface area contributed by atoms with E-state index in [0.717, 1.165) is 5.69 Å². The van der Waals surface area contributed by atoms with Gasteiger partial charge in [0.25, 0.3) is 0 Å². The van der Waals surface area contributed by atoms with Gasteiger partial charge in [0.15, 0.2) is 0 Å². The number of nitrogens with zero attached hydrogens (tertiary/aromatic N) is 4. The van der Waals surface area contributed by atoms with Gasteiger partial charge in [0.2, 0.25) is 11.8 Å². The molecule has 0 unspecified atom stereocenters. The highest BCUT2D eigenvalue weighted by molar-refractivity contribution is 6.17. The van der Waals surface area contributed by atoms with Crippen molar-refractivity contribution in [2.75, 3.05) is 0 Å². The van der Waals surface area contributed by atoms with Crippen LogP contribution in [-0.4, -0.2) is 52.6 Å². The molecule has 3 aromatic rings. The highest BCUT2D eigenvalue weighted by Crippen LogP contribution is 2.54. The van der Waals surface area contributed by atoms with Crippen molar-refractivity contribution in [2.45, 2.75) is 49.3 Å². The van der Waals surface area contributed by atoms with Crippen molar-refractivity contribution in [3.8, 4) is 28.6 Å². The lowest BCUT2D eigenvalue weighted by Crippen LogP contribution is -2.44. The van der Waals surface area contributed by atoms with Gasteiger partial charge in [-0.1, -0.05) is 12.7 Å². The van der Waals surface area contributed by atoms with Crippen LogP contribution < -0.4 is 4.74 Å². The number of phenols is 1. The van der Waals surface area contributed by atoms with E-state index in [2.05, 4.69) is 15.2 Å². The topological polar surface area (TPSA) is 73.1 Å². The number of aromatic hydroxyl groups is 1. The first-order valence-electron chi connectivity index (χ1n) is 10.0. The van der Waals surface area contributed by atoms with Gasteiger partial charge in [0.05, 0.1) is 33.4 Å². The predicted octanol–water partition coefficient (Wildman–Crippen LogP) is 3.91. The number of ether oxygens (including phenoxy) is 1. The Kier molecular flexibility index (Phi) is 5.73. The van der Waals surface area contributed by atoms with Gasteiger partial charge in [-0.25, -0.2) is 13.8 Å². The standard InChI is InChI=1S/C21H20B2F2N4O2/c22-8-7-20(23)12-15(5-6-21(20,24)25)31-19-4-3-17(27-28-19)16-2-1-14(11-18(16)30)29-10-9-26-13-29/h1-4,9-11,13,15,30H,5-8,12H2/t15-,20+/m0/s1. The second-order valence-electron chi connectivity index (χ2n) is 7.81. The quantitative estimate of drug-likeness (QED) is 0.613. The van der Waals surface area contributed by atoms with Crippen LogP contribution in [0.5, 0.6) is 11.6 Å². The van der Waals surface area contributed by atoms with E-state index >= 15 is 0 Å². The van der Waals surface area contributed by atoms with Gasteiger partial charge in [-0.15, -0.1) is 10.2 Å². The molecule has 10 heteroatoms. The number of hydrogen-bond acceptors (Lipinski definition) is 5. The molecule has 1 aromatic carbocycles. The van der Waals surface area contributed by atoms with Gasteiger partial charge < -0.3 is 14.4 Å². The molecule has 0 amide bonds. The van der Waals surface area contributed by atoms with Crippen LogP contribution in [0.2, 0.25) is 11.6 Å². The van der Waals surface area contributed by atoms with Crippen molar-refractivity contribution in [1.82, 2.24) is 19.7 Å². The van der Waals surface area contributed by atoms with E-state index in [1.807, 2.05) is 6.07 Å². The molecule has 1 aliphatic rings. The summed E-state index contributed by atoms with van der Waals surface area (Å²) in [6.45, 7) is 0. The Morgan fingerprint density at radius 1 is 1.23 bits per heavy atom. The highest BCUT2D eigenvalue weighted by Gasteiger charge is 2.52. The SMILES string of the molecule is [B]CC[C@@]1([B])C[C@@H](Oc2ccc(-c3ccc(-n4ccnc4)cc3O)nn2)CCC1(F)F. The second-order valence-corrected chi connectivity index (χ2v) is 7.81. The third-order valence-corrected chi connectivity index (χ3v) is 5.68. The maximum Gasteiger partial charge on any atom is 0.246 e. The van der Waals surface area contributed by atoms with Crippen molar-refractivity contribution in [2.24, 2.45) is 0 Å². The number of alkyl halides is 2. The van der Waals surface area contributed by atoms with Gasteiger partial charge in [0.1, 0.15) is 11.9 Å². The number of rotatable bonds is 6. The molecular weight excluding hydrogens is 400 g/mol. The van der Waals surface area contributed by atoms with Gasteiger partial charge in [0, 0.05) is 36.5 Å². The first-order chi connectivity index (χ1) is 14.8. The number of imidazole rings is 1. The molecule has 1 fully saturated rings. The first-order valence-corrected chi connectivity index (χ1v) is 10.0. The zero-order valence-corrected chi connectivity index (χ0v) is 16.8. The number of aromatic nitrogens is 4. The summed E-state index contributed by atoms with van der Waals surface area (Å²) in [5.74, 6) is -2.73. The van der Waals surface area contributed by atoms with Crippen LogP contribution in [-0.2, 0) is 0 Å². The van der Waals surface area contributed by atoms with E-state index < -0.39 is 17.3 Å². The Bertz CT molecular complexity index is 1030. The molecule has 2 aromatic heterocycles. The van der Waals surface area contributed by atoms with Gasteiger partial charge in [-0.05, 0) is 36.4 Å². The summed E-state index contributed by atoms with van der Waals surface area (Å²) in [6.07, 6.45) is 4.42. The second kappa shape index (κ2) is 8.32. The van der Waals surface area contributed by atoms with Crippen molar-refractivity contribution < 1.29 is 18.6 Å². The summed E-state index contributed by atoms with van der Waals surface area (Å²) >= 11 is 0. The molecule has 2 atom stereocenters. The fourth-order valence-corrected chi connectivity index (χ4v) is 3.90. The molecular formula is C21H20B2F2N4O2. The molecule has 0 spiro atoms. The monoisotopic (exact) mass is 420 g/mol. The smallest absolute Gasteiger partial charge is 0.246 e. The lowest BCUT2D eigenvalue weighted by atomic mass is 9.54. The minimum atomic E-state index is -2.98. The molecule has 31 heavy (non-hydrogen) atoms.